The number of hydrogen-bond acceptors (Lipinski definition) is 4. The highest BCUT2D eigenvalue weighted by Crippen LogP contribution is 2.28. The number of hydrogen-bond donors (Lipinski definition) is 1. The Morgan fingerprint density at radius 2 is 2.19 bits per heavy atom. The lowest BCUT2D eigenvalue weighted by molar-refractivity contribution is 0.416. The van der Waals surface area contributed by atoms with Gasteiger partial charge in [-0.3, -0.25) is 0 Å². The van der Waals surface area contributed by atoms with Crippen molar-refractivity contribution >= 4 is 5.69 Å². The maximum Gasteiger partial charge on any atom is 0.143 e. The first-order chi connectivity index (χ1) is 7.72. The molecular weight excluding hydrogens is 202 g/mol. The molecule has 0 heterocycles. The van der Waals surface area contributed by atoms with Crippen LogP contribution in [-0.2, 0) is 0 Å². The standard InChI is InChI=1S/C12H13N3O/c1-9(6-7-13)15-12-10(8-14)4-3-5-11(12)16-2/h3-5,9,15H,6H2,1-2H3. The monoisotopic (exact) mass is 215 g/mol. The first kappa shape index (κ1) is 11.9. The molecule has 1 unspecified atom stereocenters. The van der Waals surface area contributed by atoms with Gasteiger partial charge in [0.1, 0.15) is 11.8 Å². The summed E-state index contributed by atoms with van der Waals surface area (Å²) in [6, 6.07) is 9.40. The van der Waals surface area contributed by atoms with Crippen LogP contribution in [0.4, 0.5) is 5.69 Å². The van der Waals surface area contributed by atoms with Gasteiger partial charge >= 0.3 is 0 Å². The predicted molar refractivity (Wildman–Crippen MR) is 61.0 cm³/mol. The number of nitrogens with one attached hydrogen (secondary N) is 1. The number of benzene rings is 1. The summed E-state index contributed by atoms with van der Waals surface area (Å²) in [6.07, 6.45) is 0.378. The van der Waals surface area contributed by atoms with Crippen LogP contribution in [0.5, 0.6) is 5.75 Å². The molecule has 1 rings (SSSR count). The zero-order valence-corrected chi connectivity index (χ0v) is 9.32. The van der Waals surface area contributed by atoms with Gasteiger partial charge in [0.05, 0.1) is 30.9 Å². The number of methoxy groups -OCH3 is 1. The average Bonchev–Trinajstić information content (AvgIpc) is 2.29. The van der Waals surface area contributed by atoms with Gasteiger partial charge < -0.3 is 10.1 Å². The minimum absolute atomic E-state index is 0.0200. The first-order valence-corrected chi connectivity index (χ1v) is 4.93. The molecule has 82 valence electrons. The fourth-order valence-electron chi connectivity index (χ4n) is 1.38. The van der Waals surface area contributed by atoms with E-state index in [9.17, 15) is 0 Å². The molecule has 0 aromatic heterocycles. The van der Waals surface area contributed by atoms with E-state index in [1.165, 1.54) is 0 Å². The molecule has 0 radical (unpaired) electrons. The van der Waals surface area contributed by atoms with Crippen LogP contribution in [0.1, 0.15) is 18.9 Å². The molecular formula is C12H13N3O. The van der Waals surface area contributed by atoms with Gasteiger partial charge in [-0.1, -0.05) is 6.07 Å². The summed E-state index contributed by atoms with van der Waals surface area (Å²) in [5.41, 5.74) is 1.17. The number of anilines is 1. The van der Waals surface area contributed by atoms with Crippen molar-refractivity contribution in [1.29, 1.82) is 10.5 Å². The topological polar surface area (TPSA) is 68.8 Å². The van der Waals surface area contributed by atoms with Gasteiger partial charge in [0.15, 0.2) is 0 Å². The van der Waals surface area contributed by atoms with Gasteiger partial charge in [-0.05, 0) is 19.1 Å². The lowest BCUT2D eigenvalue weighted by Gasteiger charge is -2.16. The summed E-state index contributed by atoms with van der Waals surface area (Å²) < 4.78 is 5.17. The van der Waals surface area contributed by atoms with Crippen LogP contribution >= 0.6 is 0 Å². The van der Waals surface area contributed by atoms with Crippen LogP contribution in [0.25, 0.3) is 0 Å². The van der Waals surface area contributed by atoms with Crippen LogP contribution < -0.4 is 10.1 Å². The Morgan fingerprint density at radius 3 is 2.75 bits per heavy atom. The molecule has 1 atom stereocenters. The molecule has 16 heavy (non-hydrogen) atoms. The third-order valence-corrected chi connectivity index (χ3v) is 2.15. The first-order valence-electron chi connectivity index (χ1n) is 4.93. The normalized spacial score (nSPS) is 11.0. The highest BCUT2D eigenvalue weighted by molar-refractivity contribution is 5.66. The zero-order chi connectivity index (χ0) is 12.0. The zero-order valence-electron chi connectivity index (χ0n) is 9.32. The van der Waals surface area contributed by atoms with Crippen LogP contribution in [0.3, 0.4) is 0 Å². The second-order valence-corrected chi connectivity index (χ2v) is 3.40. The second-order valence-electron chi connectivity index (χ2n) is 3.40. The molecule has 0 spiro atoms. The Morgan fingerprint density at radius 1 is 1.44 bits per heavy atom. The molecule has 1 aromatic rings. The lowest BCUT2D eigenvalue weighted by atomic mass is 10.1. The van der Waals surface area contributed by atoms with Crippen LogP contribution in [-0.4, -0.2) is 13.2 Å². The Bertz CT molecular complexity index is 443. The molecule has 1 N–H and O–H groups in total. The highest BCUT2D eigenvalue weighted by atomic mass is 16.5. The van der Waals surface area contributed by atoms with Crippen molar-refractivity contribution in [3.8, 4) is 17.9 Å². The summed E-state index contributed by atoms with van der Waals surface area (Å²) in [5, 5.41) is 20.7. The van der Waals surface area contributed by atoms with Crippen molar-refractivity contribution in [2.24, 2.45) is 0 Å². The maximum atomic E-state index is 8.97. The van der Waals surface area contributed by atoms with Crippen molar-refractivity contribution in [3.05, 3.63) is 23.8 Å². The fraction of sp³-hybridized carbons (Fsp3) is 0.333. The van der Waals surface area contributed by atoms with E-state index in [0.29, 0.717) is 23.4 Å². The number of para-hydroxylation sites is 1. The molecule has 0 aliphatic rings. The molecule has 0 bridgehead atoms. The summed E-state index contributed by atoms with van der Waals surface area (Å²) in [7, 11) is 1.55. The van der Waals surface area contributed by atoms with E-state index in [-0.39, 0.29) is 6.04 Å². The van der Waals surface area contributed by atoms with Crippen LogP contribution in [0, 0.1) is 22.7 Å². The van der Waals surface area contributed by atoms with E-state index in [4.69, 9.17) is 15.3 Å². The fourth-order valence-corrected chi connectivity index (χ4v) is 1.38. The Hall–Kier alpha value is -2.20. The average molecular weight is 215 g/mol. The third-order valence-electron chi connectivity index (χ3n) is 2.15. The minimum Gasteiger partial charge on any atom is -0.495 e. The van der Waals surface area contributed by atoms with Gasteiger partial charge in [-0.15, -0.1) is 0 Å². The van der Waals surface area contributed by atoms with Gasteiger partial charge in [0.2, 0.25) is 0 Å². The molecule has 4 nitrogen and oxygen atoms in total. The van der Waals surface area contributed by atoms with Gasteiger partial charge in [-0.25, -0.2) is 0 Å². The van der Waals surface area contributed by atoms with Crippen LogP contribution in [0.2, 0.25) is 0 Å². The summed E-state index contributed by atoms with van der Waals surface area (Å²) in [4.78, 5) is 0. The molecule has 1 aromatic carbocycles. The van der Waals surface area contributed by atoms with Crippen molar-refractivity contribution in [1.82, 2.24) is 0 Å². The van der Waals surface area contributed by atoms with E-state index in [0.717, 1.165) is 0 Å². The lowest BCUT2D eigenvalue weighted by Crippen LogP contribution is -2.15. The van der Waals surface area contributed by atoms with E-state index >= 15 is 0 Å². The van der Waals surface area contributed by atoms with E-state index in [1.54, 1.807) is 25.3 Å². The smallest absolute Gasteiger partial charge is 0.143 e. The largest absolute Gasteiger partial charge is 0.495 e. The van der Waals surface area contributed by atoms with Gasteiger partial charge in [0.25, 0.3) is 0 Å². The molecule has 4 heteroatoms. The number of ether oxygens (including phenoxy) is 1. The van der Waals surface area contributed by atoms with E-state index in [2.05, 4.69) is 17.5 Å². The third kappa shape index (κ3) is 2.65. The molecule has 0 saturated carbocycles. The minimum atomic E-state index is -0.0200. The quantitative estimate of drug-likeness (QED) is 0.836. The molecule has 0 amide bonds. The predicted octanol–water partition coefficient (Wildman–Crippen LogP) is 2.28. The Kier molecular flexibility index (Phi) is 4.17. The summed E-state index contributed by atoms with van der Waals surface area (Å²) in [5.74, 6) is 0.615. The van der Waals surface area contributed by atoms with Gasteiger partial charge in [-0.2, -0.15) is 10.5 Å². The van der Waals surface area contributed by atoms with Gasteiger partial charge in [0, 0.05) is 6.04 Å². The van der Waals surface area contributed by atoms with Crippen molar-refractivity contribution in [3.63, 3.8) is 0 Å². The second kappa shape index (κ2) is 5.63. The number of nitriles is 2. The molecule has 0 aliphatic carbocycles. The van der Waals surface area contributed by atoms with E-state index < -0.39 is 0 Å². The van der Waals surface area contributed by atoms with E-state index in [1.807, 2.05) is 6.92 Å². The molecule has 0 saturated heterocycles. The van der Waals surface area contributed by atoms with Crippen molar-refractivity contribution in [2.45, 2.75) is 19.4 Å². The Balaban J connectivity index is 3.01. The summed E-state index contributed by atoms with van der Waals surface area (Å²) >= 11 is 0. The highest BCUT2D eigenvalue weighted by Gasteiger charge is 2.11. The number of rotatable bonds is 4. The molecule has 0 fully saturated rings. The summed E-state index contributed by atoms with van der Waals surface area (Å²) in [6.45, 7) is 1.89. The van der Waals surface area contributed by atoms with Crippen molar-refractivity contribution in [2.75, 3.05) is 12.4 Å². The SMILES string of the molecule is COc1cccc(C#N)c1NC(C)CC#N. The van der Waals surface area contributed by atoms with Crippen molar-refractivity contribution < 1.29 is 4.74 Å². The van der Waals surface area contributed by atoms with Crippen LogP contribution in [0.15, 0.2) is 18.2 Å². The molecule has 0 aliphatic heterocycles. The number of nitrogens with zero attached hydrogens (tertiary/aromatic N) is 2. The maximum absolute atomic E-state index is 8.97. The Labute approximate surface area is 95.1 Å².